The third kappa shape index (κ3) is 2.33. The molecule has 0 N–H and O–H groups in total. The van der Waals surface area contributed by atoms with Gasteiger partial charge in [0.05, 0.1) is 0 Å². The first-order valence-electron chi connectivity index (χ1n) is 6.19. The van der Waals surface area contributed by atoms with Gasteiger partial charge in [0, 0.05) is 24.4 Å². The van der Waals surface area contributed by atoms with Gasteiger partial charge in [-0.25, -0.2) is 4.98 Å². The van der Waals surface area contributed by atoms with Crippen molar-refractivity contribution in [3.8, 4) is 0 Å². The maximum absolute atomic E-state index is 4.37. The lowest BCUT2D eigenvalue weighted by molar-refractivity contribution is 0.219. The van der Waals surface area contributed by atoms with E-state index in [0.717, 1.165) is 11.3 Å². The van der Waals surface area contributed by atoms with Crippen LogP contribution in [-0.4, -0.2) is 34.1 Å². The Hall–Kier alpha value is -0.350. The SMILES string of the molecule is CCN1CCC(c2cnc(Br)n2CC)CC1. The van der Waals surface area contributed by atoms with E-state index in [1.54, 1.807) is 0 Å². The molecule has 1 saturated heterocycles. The topological polar surface area (TPSA) is 21.1 Å². The van der Waals surface area contributed by atoms with Crippen molar-refractivity contribution in [2.75, 3.05) is 19.6 Å². The minimum absolute atomic E-state index is 0.696. The summed E-state index contributed by atoms with van der Waals surface area (Å²) >= 11 is 3.51. The van der Waals surface area contributed by atoms with E-state index in [9.17, 15) is 0 Å². The minimum atomic E-state index is 0.696. The quantitative estimate of drug-likeness (QED) is 0.852. The van der Waals surface area contributed by atoms with Gasteiger partial charge in [-0.15, -0.1) is 0 Å². The summed E-state index contributed by atoms with van der Waals surface area (Å²) in [6.45, 7) is 9.07. The van der Waals surface area contributed by atoms with E-state index in [0.29, 0.717) is 5.92 Å². The Morgan fingerprint density at radius 1 is 1.31 bits per heavy atom. The standard InChI is InChI=1S/C12H20BrN3/c1-3-15-7-5-10(6-8-15)11-9-14-12(13)16(11)4-2/h9-10H,3-8H2,1-2H3. The van der Waals surface area contributed by atoms with Crippen LogP contribution in [0.5, 0.6) is 0 Å². The van der Waals surface area contributed by atoms with Gasteiger partial charge in [-0.3, -0.25) is 0 Å². The fraction of sp³-hybridized carbons (Fsp3) is 0.750. The largest absolute Gasteiger partial charge is 0.323 e. The number of nitrogens with zero attached hydrogens (tertiary/aromatic N) is 3. The van der Waals surface area contributed by atoms with Gasteiger partial charge in [0.2, 0.25) is 0 Å². The molecule has 0 bridgehead atoms. The molecule has 0 aromatic carbocycles. The highest BCUT2D eigenvalue weighted by atomic mass is 79.9. The summed E-state index contributed by atoms with van der Waals surface area (Å²) in [6, 6.07) is 0. The second kappa shape index (κ2) is 5.32. The predicted octanol–water partition coefficient (Wildman–Crippen LogP) is 2.86. The molecule has 1 aliphatic heterocycles. The summed E-state index contributed by atoms with van der Waals surface area (Å²) in [5.74, 6) is 0.696. The van der Waals surface area contributed by atoms with Crippen LogP contribution in [0.25, 0.3) is 0 Å². The van der Waals surface area contributed by atoms with Crippen LogP contribution in [0.1, 0.15) is 38.3 Å². The third-order valence-corrected chi connectivity index (χ3v) is 4.24. The van der Waals surface area contributed by atoms with Gasteiger partial charge < -0.3 is 9.47 Å². The van der Waals surface area contributed by atoms with Gasteiger partial charge in [0.15, 0.2) is 4.73 Å². The maximum atomic E-state index is 4.37. The number of imidazole rings is 1. The van der Waals surface area contributed by atoms with Gasteiger partial charge in [0.1, 0.15) is 0 Å². The first-order chi connectivity index (χ1) is 7.76. The Labute approximate surface area is 106 Å². The van der Waals surface area contributed by atoms with E-state index in [2.05, 4.69) is 44.2 Å². The highest BCUT2D eigenvalue weighted by Crippen LogP contribution is 2.29. The molecule has 0 radical (unpaired) electrons. The van der Waals surface area contributed by atoms with E-state index < -0.39 is 0 Å². The maximum Gasteiger partial charge on any atom is 0.177 e. The van der Waals surface area contributed by atoms with E-state index in [1.807, 2.05) is 6.20 Å². The molecule has 4 heteroatoms. The van der Waals surface area contributed by atoms with Crippen molar-refractivity contribution in [2.45, 2.75) is 39.2 Å². The fourth-order valence-electron chi connectivity index (χ4n) is 2.55. The molecule has 1 aliphatic rings. The minimum Gasteiger partial charge on any atom is -0.323 e. The predicted molar refractivity (Wildman–Crippen MR) is 69.7 cm³/mol. The number of aromatic nitrogens is 2. The van der Waals surface area contributed by atoms with Crippen LogP contribution in [-0.2, 0) is 6.54 Å². The molecule has 16 heavy (non-hydrogen) atoms. The zero-order valence-corrected chi connectivity index (χ0v) is 11.7. The van der Waals surface area contributed by atoms with Crippen molar-refractivity contribution in [3.05, 3.63) is 16.6 Å². The normalized spacial score (nSPS) is 19.2. The smallest absolute Gasteiger partial charge is 0.177 e. The highest BCUT2D eigenvalue weighted by molar-refractivity contribution is 9.10. The molecule has 1 aromatic heterocycles. The Morgan fingerprint density at radius 2 is 2.00 bits per heavy atom. The monoisotopic (exact) mass is 285 g/mol. The number of likely N-dealkylation sites (tertiary alicyclic amines) is 1. The van der Waals surface area contributed by atoms with Crippen molar-refractivity contribution in [1.29, 1.82) is 0 Å². The van der Waals surface area contributed by atoms with Gasteiger partial charge in [-0.1, -0.05) is 6.92 Å². The third-order valence-electron chi connectivity index (χ3n) is 3.61. The molecule has 0 amide bonds. The summed E-state index contributed by atoms with van der Waals surface area (Å²) in [4.78, 5) is 6.89. The lowest BCUT2D eigenvalue weighted by Crippen LogP contribution is -2.33. The van der Waals surface area contributed by atoms with Crippen molar-refractivity contribution in [1.82, 2.24) is 14.5 Å². The second-order valence-corrected chi connectivity index (χ2v) is 5.11. The van der Waals surface area contributed by atoms with Crippen LogP contribution in [0.4, 0.5) is 0 Å². The summed E-state index contributed by atoms with van der Waals surface area (Å²) in [5, 5.41) is 0. The van der Waals surface area contributed by atoms with Crippen molar-refractivity contribution in [2.24, 2.45) is 0 Å². The van der Waals surface area contributed by atoms with Crippen LogP contribution < -0.4 is 0 Å². The summed E-state index contributed by atoms with van der Waals surface area (Å²) in [5.41, 5.74) is 1.41. The number of rotatable bonds is 3. The Balaban J connectivity index is 2.08. The molecule has 0 atom stereocenters. The van der Waals surface area contributed by atoms with Crippen LogP contribution in [0.15, 0.2) is 10.9 Å². The molecule has 1 fully saturated rings. The van der Waals surface area contributed by atoms with Gasteiger partial charge in [-0.05, 0) is 55.3 Å². The van der Waals surface area contributed by atoms with Crippen molar-refractivity contribution in [3.63, 3.8) is 0 Å². The molecule has 90 valence electrons. The number of hydrogen-bond donors (Lipinski definition) is 0. The summed E-state index contributed by atoms with van der Waals surface area (Å²) in [7, 11) is 0. The number of halogens is 1. The molecular formula is C12H20BrN3. The lowest BCUT2D eigenvalue weighted by Gasteiger charge is -2.31. The molecule has 0 spiro atoms. The summed E-state index contributed by atoms with van der Waals surface area (Å²) in [6.07, 6.45) is 4.58. The Kier molecular flexibility index (Phi) is 4.03. The zero-order chi connectivity index (χ0) is 11.5. The Morgan fingerprint density at radius 3 is 2.56 bits per heavy atom. The molecule has 2 rings (SSSR count). The van der Waals surface area contributed by atoms with Gasteiger partial charge >= 0.3 is 0 Å². The van der Waals surface area contributed by atoms with Crippen LogP contribution >= 0.6 is 15.9 Å². The second-order valence-electron chi connectivity index (χ2n) is 4.40. The lowest BCUT2D eigenvalue weighted by atomic mass is 9.94. The van der Waals surface area contributed by atoms with Crippen LogP contribution in [0, 0.1) is 0 Å². The van der Waals surface area contributed by atoms with E-state index in [4.69, 9.17) is 0 Å². The highest BCUT2D eigenvalue weighted by Gasteiger charge is 2.22. The van der Waals surface area contributed by atoms with Crippen LogP contribution in [0.3, 0.4) is 0 Å². The van der Waals surface area contributed by atoms with Crippen molar-refractivity contribution >= 4 is 15.9 Å². The van der Waals surface area contributed by atoms with Gasteiger partial charge in [-0.2, -0.15) is 0 Å². The molecule has 2 heterocycles. The average molecular weight is 286 g/mol. The molecule has 0 unspecified atom stereocenters. The van der Waals surface area contributed by atoms with E-state index in [-0.39, 0.29) is 0 Å². The molecule has 0 aliphatic carbocycles. The van der Waals surface area contributed by atoms with Crippen LogP contribution in [0.2, 0.25) is 0 Å². The zero-order valence-electron chi connectivity index (χ0n) is 10.1. The summed E-state index contributed by atoms with van der Waals surface area (Å²) < 4.78 is 3.26. The Bertz CT molecular complexity index is 340. The van der Waals surface area contributed by atoms with E-state index >= 15 is 0 Å². The van der Waals surface area contributed by atoms with Crippen molar-refractivity contribution < 1.29 is 0 Å². The molecule has 3 nitrogen and oxygen atoms in total. The average Bonchev–Trinajstić information content (AvgIpc) is 2.70. The molecule has 1 aromatic rings. The first kappa shape index (κ1) is 12.1. The molecule has 0 saturated carbocycles. The molecular weight excluding hydrogens is 266 g/mol. The number of hydrogen-bond acceptors (Lipinski definition) is 2. The number of piperidine rings is 1. The van der Waals surface area contributed by atoms with E-state index in [1.165, 1.54) is 38.2 Å². The van der Waals surface area contributed by atoms with Gasteiger partial charge in [0.25, 0.3) is 0 Å². The fourth-order valence-corrected chi connectivity index (χ4v) is 3.11. The first-order valence-corrected chi connectivity index (χ1v) is 6.98.